The number of anilines is 1. The van der Waals surface area contributed by atoms with Gasteiger partial charge in [-0.05, 0) is 17.9 Å². The summed E-state index contributed by atoms with van der Waals surface area (Å²) in [6.07, 6.45) is 3.30. The van der Waals surface area contributed by atoms with Crippen molar-refractivity contribution >= 4 is 34.1 Å². The Morgan fingerprint density at radius 3 is 3.00 bits per heavy atom. The quantitative estimate of drug-likeness (QED) is 0.515. The number of nitrogens with one attached hydrogen (secondary N) is 1. The number of hydrogen-bond acceptors (Lipinski definition) is 8. The smallest absolute Gasteiger partial charge is 0.267 e. The number of nitrogens with zero attached hydrogens (tertiary/aromatic N) is 6. The summed E-state index contributed by atoms with van der Waals surface area (Å²) in [6.45, 7) is 1.79. The standard InChI is InChI=1S/C13H13N7O2S2/c1-2-23-13-17-16-12(24-13)15-10(21)8-20-11(22)5-4-9(18-20)19-7-3-6-14-19/h3-7H,2,8H2,1H3,(H,15,16,21). The zero-order valence-corrected chi connectivity index (χ0v) is 14.3. The van der Waals surface area contributed by atoms with E-state index in [1.165, 1.54) is 22.1 Å². The van der Waals surface area contributed by atoms with Crippen LogP contribution in [0.5, 0.6) is 0 Å². The maximum atomic E-state index is 12.1. The average molecular weight is 363 g/mol. The summed E-state index contributed by atoms with van der Waals surface area (Å²) >= 11 is 2.84. The number of thioether (sulfide) groups is 1. The van der Waals surface area contributed by atoms with Gasteiger partial charge in [0, 0.05) is 18.5 Å². The van der Waals surface area contributed by atoms with Crippen molar-refractivity contribution in [1.29, 1.82) is 0 Å². The fraction of sp³-hybridized carbons (Fsp3) is 0.231. The van der Waals surface area contributed by atoms with Crippen LogP contribution < -0.4 is 10.9 Å². The van der Waals surface area contributed by atoms with Gasteiger partial charge in [-0.2, -0.15) is 5.10 Å². The van der Waals surface area contributed by atoms with Crippen LogP contribution in [0.4, 0.5) is 5.13 Å². The van der Waals surface area contributed by atoms with Gasteiger partial charge in [0.1, 0.15) is 6.54 Å². The molecule has 0 bridgehead atoms. The Bertz CT molecular complexity index is 888. The van der Waals surface area contributed by atoms with Crippen LogP contribution in [0, 0.1) is 0 Å². The predicted molar refractivity (Wildman–Crippen MR) is 90.6 cm³/mol. The summed E-state index contributed by atoms with van der Waals surface area (Å²) in [7, 11) is 0. The van der Waals surface area contributed by atoms with Crippen LogP contribution in [-0.4, -0.2) is 41.4 Å². The van der Waals surface area contributed by atoms with Crippen LogP contribution in [0.25, 0.3) is 5.82 Å². The Balaban J connectivity index is 1.71. The molecule has 3 aromatic heterocycles. The van der Waals surface area contributed by atoms with Gasteiger partial charge in [-0.1, -0.05) is 30.0 Å². The molecule has 9 nitrogen and oxygen atoms in total. The van der Waals surface area contributed by atoms with Gasteiger partial charge < -0.3 is 0 Å². The second-order valence-corrected chi connectivity index (χ2v) is 6.98. The summed E-state index contributed by atoms with van der Waals surface area (Å²) in [4.78, 5) is 24.0. The lowest BCUT2D eigenvalue weighted by Gasteiger charge is -2.06. The number of carbonyl (C=O) groups is 1. The van der Waals surface area contributed by atoms with E-state index in [0.29, 0.717) is 10.9 Å². The van der Waals surface area contributed by atoms with E-state index in [1.54, 1.807) is 36.3 Å². The van der Waals surface area contributed by atoms with Gasteiger partial charge in [-0.3, -0.25) is 14.9 Å². The molecule has 24 heavy (non-hydrogen) atoms. The number of carbonyl (C=O) groups excluding carboxylic acids is 1. The van der Waals surface area contributed by atoms with Crippen molar-refractivity contribution < 1.29 is 4.79 Å². The predicted octanol–water partition coefficient (Wildman–Crippen LogP) is 1.03. The minimum atomic E-state index is -0.397. The molecule has 0 saturated carbocycles. The molecule has 3 heterocycles. The van der Waals surface area contributed by atoms with Gasteiger partial charge in [0.25, 0.3) is 5.56 Å². The number of aromatic nitrogens is 6. The first-order chi connectivity index (χ1) is 11.7. The van der Waals surface area contributed by atoms with Crippen molar-refractivity contribution in [3.63, 3.8) is 0 Å². The largest absolute Gasteiger partial charge is 0.299 e. The molecule has 0 aromatic carbocycles. The topological polar surface area (TPSA) is 108 Å². The molecular weight excluding hydrogens is 350 g/mol. The van der Waals surface area contributed by atoms with Gasteiger partial charge in [0.2, 0.25) is 11.0 Å². The minimum Gasteiger partial charge on any atom is -0.299 e. The molecule has 0 spiro atoms. The fourth-order valence-corrected chi connectivity index (χ4v) is 3.48. The van der Waals surface area contributed by atoms with E-state index in [9.17, 15) is 9.59 Å². The van der Waals surface area contributed by atoms with Crippen LogP contribution >= 0.6 is 23.1 Å². The van der Waals surface area contributed by atoms with E-state index >= 15 is 0 Å². The van der Waals surface area contributed by atoms with Gasteiger partial charge >= 0.3 is 0 Å². The van der Waals surface area contributed by atoms with Crippen molar-refractivity contribution in [2.75, 3.05) is 11.1 Å². The fourth-order valence-electron chi connectivity index (χ4n) is 1.81. The monoisotopic (exact) mass is 363 g/mol. The second kappa shape index (κ2) is 7.36. The molecule has 3 aromatic rings. The molecule has 11 heteroatoms. The molecule has 3 rings (SSSR count). The van der Waals surface area contributed by atoms with Gasteiger partial charge in [-0.15, -0.1) is 15.3 Å². The van der Waals surface area contributed by atoms with Crippen LogP contribution in [0.2, 0.25) is 0 Å². The third-order valence-electron chi connectivity index (χ3n) is 2.81. The first-order valence-electron chi connectivity index (χ1n) is 7.00. The molecule has 1 amide bonds. The first-order valence-corrected chi connectivity index (χ1v) is 8.80. The molecule has 0 fully saturated rings. The molecular formula is C13H13N7O2S2. The number of hydrogen-bond donors (Lipinski definition) is 1. The minimum absolute atomic E-state index is 0.218. The highest BCUT2D eigenvalue weighted by Gasteiger charge is 2.11. The Morgan fingerprint density at radius 1 is 1.38 bits per heavy atom. The lowest BCUT2D eigenvalue weighted by molar-refractivity contribution is -0.117. The van der Waals surface area contributed by atoms with E-state index < -0.39 is 5.91 Å². The number of rotatable bonds is 6. The molecule has 124 valence electrons. The molecule has 0 atom stereocenters. The maximum Gasteiger partial charge on any atom is 0.267 e. The van der Waals surface area contributed by atoms with Gasteiger partial charge in [0.05, 0.1) is 0 Å². The zero-order chi connectivity index (χ0) is 16.9. The third-order valence-corrected chi connectivity index (χ3v) is 4.66. The zero-order valence-electron chi connectivity index (χ0n) is 12.6. The molecule has 0 unspecified atom stereocenters. The summed E-state index contributed by atoms with van der Waals surface area (Å²) in [5.41, 5.74) is -0.374. The highest BCUT2D eigenvalue weighted by molar-refractivity contribution is 8.01. The van der Waals surface area contributed by atoms with Gasteiger partial charge in [-0.25, -0.2) is 9.36 Å². The molecule has 0 aliphatic rings. The highest BCUT2D eigenvalue weighted by atomic mass is 32.2. The first kappa shape index (κ1) is 16.3. The lowest BCUT2D eigenvalue weighted by Crippen LogP contribution is -2.30. The van der Waals surface area contributed by atoms with Crippen molar-refractivity contribution in [3.05, 3.63) is 40.9 Å². The van der Waals surface area contributed by atoms with E-state index in [2.05, 4.69) is 25.7 Å². The summed E-state index contributed by atoms with van der Waals surface area (Å²) < 4.78 is 3.37. The Hall–Kier alpha value is -2.53. The lowest BCUT2D eigenvalue weighted by atomic mass is 10.5. The van der Waals surface area contributed by atoms with E-state index in [4.69, 9.17) is 0 Å². The van der Waals surface area contributed by atoms with Gasteiger partial charge in [0.15, 0.2) is 10.2 Å². The van der Waals surface area contributed by atoms with E-state index in [-0.39, 0.29) is 12.1 Å². The molecule has 0 saturated heterocycles. The van der Waals surface area contributed by atoms with Crippen molar-refractivity contribution in [2.45, 2.75) is 17.8 Å². The summed E-state index contributed by atoms with van der Waals surface area (Å²) in [5.74, 6) is 0.929. The normalized spacial score (nSPS) is 10.7. The molecule has 0 radical (unpaired) electrons. The highest BCUT2D eigenvalue weighted by Crippen LogP contribution is 2.24. The maximum absolute atomic E-state index is 12.1. The molecule has 1 N–H and O–H groups in total. The van der Waals surface area contributed by atoms with Crippen LogP contribution in [0.3, 0.4) is 0 Å². The molecule has 0 aliphatic carbocycles. The Labute approximate surface area is 144 Å². The van der Waals surface area contributed by atoms with Crippen molar-refractivity contribution in [3.8, 4) is 5.82 Å². The van der Waals surface area contributed by atoms with E-state index in [0.717, 1.165) is 14.8 Å². The average Bonchev–Trinajstić information content (AvgIpc) is 3.22. The third kappa shape index (κ3) is 3.86. The number of amides is 1. The SMILES string of the molecule is CCSc1nnc(NC(=O)Cn2nc(-n3cccn3)ccc2=O)s1. The second-order valence-electron chi connectivity index (χ2n) is 4.49. The Kier molecular flexibility index (Phi) is 5.01. The summed E-state index contributed by atoms with van der Waals surface area (Å²) in [6, 6.07) is 4.63. The van der Waals surface area contributed by atoms with Crippen LogP contribution in [0.1, 0.15) is 6.92 Å². The molecule has 0 aliphatic heterocycles. The Morgan fingerprint density at radius 2 is 2.25 bits per heavy atom. The van der Waals surface area contributed by atoms with Crippen LogP contribution in [-0.2, 0) is 11.3 Å². The van der Waals surface area contributed by atoms with Crippen molar-refractivity contribution in [1.82, 2.24) is 29.8 Å². The summed E-state index contributed by atoms with van der Waals surface area (Å²) in [5, 5.41) is 19.0. The van der Waals surface area contributed by atoms with Crippen LogP contribution in [0.15, 0.2) is 39.7 Å². The van der Waals surface area contributed by atoms with Crippen molar-refractivity contribution in [2.24, 2.45) is 0 Å². The van der Waals surface area contributed by atoms with E-state index in [1.807, 2.05) is 6.92 Å².